The van der Waals surface area contributed by atoms with Crippen LogP contribution in [-0.2, 0) is 0 Å². The van der Waals surface area contributed by atoms with Crippen LogP contribution in [0.5, 0.6) is 0 Å². The van der Waals surface area contributed by atoms with Gasteiger partial charge in [0.05, 0.1) is 0 Å². The maximum Gasteiger partial charge on any atom is 0.0345 e. The quantitative estimate of drug-likeness (QED) is 0.837. The zero-order valence-electron chi connectivity index (χ0n) is 10.9. The van der Waals surface area contributed by atoms with Gasteiger partial charge in [0.2, 0.25) is 0 Å². The predicted octanol–water partition coefficient (Wildman–Crippen LogP) is 2.85. The first-order valence-corrected chi connectivity index (χ1v) is 6.73. The summed E-state index contributed by atoms with van der Waals surface area (Å²) in [7, 11) is 0. The Kier molecular flexibility index (Phi) is 4.19. The van der Waals surface area contributed by atoms with Crippen molar-refractivity contribution in [3.63, 3.8) is 0 Å². The van der Waals surface area contributed by atoms with Gasteiger partial charge in [-0.1, -0.05) is 44.2 Å². The van der Waals surface area contributed by atoms with Crippen molar-refractivity contribution < 1.29 is 0 Å². The molecule has 1 aliphatic carbocycles. The van der Waals surface area contributed by atoms with Gasteiger partial charge >= 0.3 is 0 Å². The normalized spacial score (nSPS) is 26.4. The minimum Gasteiger partial charge on any atom is -0.328 e. The Morgan fingerprint density at radius 1 is 1.18 bits per heavy atom. The van der Waals surface area contributed by atoms with E-state index in [1.807, 2.05) is 0 Å². The Bertz CT molecular complexity index is 334. The minimum atomic E-state index is 0.399. The molecule has 2 rings (SSSR count). The molecule has 1 aromatic carbocycles. The molecule has 1 saturated carbocycles. The molecule has 0 aliphatic heterocycles. The molecule has 1 aromatic rings. The van der Waals surface area contributed by atoms with Crippen molar-refractivity contribution >= 4 is 0 Å². The number of benzene rings is 1. The molecule has 0 spiro atoms. The van der Waals surface area contributed by atoms with Gasteiger partial charge in [-0.3, -0.25) is 0 Å². The van der Waals surface area contributed by atoms with Crippen LogP contribution in [0, 0.1) is 5.92 Å². The van der Waals surface area contributed by atoms with Gasteiger partial charge in [0.25, 0.3) is 0 Å². The lowest BCUT2D eigenvalue weighted by atomic mass is 9.95. The Morgan fingerprint density at radius 2 is 1.88 bits per heavy atom. The molecule has 2 heteroatoms. The maximum absolute atomic E-state index is 5.98. The highest BCUT2D eigenvalue weighted by Gasteiger charge is 2.25. The van der Waals surface area contributed by atoms with E-state index in [2.05, 4.69) is 49.5 Å². The van der Waals surface area contributed by atoms with Crippen molar-refractivity contribution in [2.75, 3.05) is 0 Å². The second kappa shape index (κ2) is 5.65. The molecule has 0 heterocycles. The van der Waals surface area contributed by atoms with E-state index in [0.29, 0.717) is 24.0 Å². The second-order valence-electron chi connectivity index (χ2n) is 5.57. The van der Waals surface area contributed by atoms with E-state index in [1.165, 1.54) is 12.0 Å². The van der Waals surface area contributed by atoms with Gasteiger partial charge < -0.3 is 11.1 Å². The smallest absolute Gasteiger partial charge is 0.0345 e. The van der Waals surface area contributed by atoms with Crippen molar-refractivity contribution in [1.29, 1.82) is 0 Å². The highest BCUT2D eigenvalue weighted by atomic mass is 15.0. The number of rotatable bonds is 4. The summed E-state index contributed by atoms with van der Waals surface area (Å²) in [5.74, 6) is 0.606. The topological polar surface area (TPSA) is 38.0 Å². The van der Waals surface area contributed by atoms with Gasteiger partial charge in [-0.15, -0.1) is 0 Å². The second-order valence-corrected chi connectivity index (χ2v) is 5.57. The number of nitrogens with one attached hydrogen (secondary N) is 1. The van der Waals surface area contributed by atoms with Crippen LogP contribution in [-0.4, -0.2) is 12.1 Å². The monoisotopic (exact) mass is 232 g/mol. The van der Waals surface area contributed by atoms with E-state index in [4.69, 9.17) is 5.73 Å². The molecule has 0 saturated heterocycles. The summed E-state index contributed by atoms with van der Waals surface area (Å²) in [5, 5.41) is 3.78. The van der Waals surface area contributed by atoms with E-state index in [-0.39, 0.29) is 0 Å². The Balaban J connectivity index is 2.03. The van der Waals surface area contributed by atoms with Gasteiger partial charge in [-0.05, 0) is 30.7 Å². The fourth-order valence-corrected chi connectivity index (χ4v) is 2.76. The van der Waals surface area contributed by atoms with Crippen LogP contribution >= 0.6 is 0 Å². The molecule has 94 valence electrons. The van der Waals surface area contributed by atoms with Crippen molar-refractivity contribution in [1.82, 2.24) is 5.32 Å². The molecular formula is C15H24N2. The summed E-state index contributed by atoms with van der Waals surface area (Å²) in [6.45, 7) is 4.55. The van der Waals surface area contributed by atoms with E-state index >= 15 is 0 Å². The highest BCUT2D eigenvalue weighted by molar-refractivity contribution is 5.19. The van der Waals surface area contributed by atoms with Crippen molar-refractivity contribution in [3.8, 4) is 0 Å². The standard InChI is InChI=1S/C15H24N2/c1-11(2)15(12-6-4-3-5-7-12)17-14-9-8-13(16)10-14/h3-7,11,13-15,17H,8-10,16H2,1-2H3. The fraction of sp³-hybridized carbons (Fsp3) is 0.600. The largest absolute Gasteiger partial charge is 0.328 e. The van der Waals surface area contributed by atoms with Gasteiger partial charge in [-0.25, -0.2) is 0 Å². The zero-order chi connectivity index (χ0) is 12.3. The first kappa shape index (κ1) is 12.6. The molecule has 2 nitrogen and oxygen atoms in total. The molecule has 0 amide bonds. The van der Waals surface area contributed by atoms with E-state index in [0.717, 1.165) is 12.8 Å². The molecule has 0 aromatic heterocycles. The molecule has 1 fully saturated rings. The molecule has 3 N–H and O–H groups in total. The molecule has 0 radical (unpaired) electrons. The van der Waals surface area contributed by atoms with Crippen LogP contribution in [0.4, 0.5) is 0 Å². The third-order valence-electron chi connectivity index (χ3n) is 3.71. The number of hydrogen-bond donors (Lipinski definition) is 2. The van der Waals surface area contributed by atoms with Crippen molar-refractivity contribution in [3.05, 3.63) is 35.9 Å². The van der Waals surface area contributed by atoms with Crippen molar-refractivity contribution in [2.24, 2.45) is 11.7 Å². The lowest BCUT2D eigenvalue weighted by molar-refractivity contribution is 0.359. The van der Waals surface area contributed by atoms with Crippen molar-refractivity contribution in [2.45, 2.75) is 51.2 Å². The third kappa shape index (κ3) is 3.30. The lowest BCUT2D eigenvalue weighted by Crippen LogP contribution is -2.34. The summed E-state index contributed by atoms with van der Waals surface area (Å²) in [6, 6.07) is 12.2. The fourth-order valence-electron chi connectivity index (χ4n) is 2.76. The summed E-state index contributed by atoms with van der Waals surface area (Å²) in [5.41, 5.74) is 7.37. The van der Waals surface area contributed by atoms with Gasteiger partial charge in [0.15, 0.2) is 0 Å². The predicted molar refractivity (Wildman–Crippen MR) is 72.8 cm³/mol. The Labute approximate surface area is 105 Å². The van der Waals surface area contributed by atoms with Crippen LogP contribution in [0.15, 0.2) is 30.3 Å². The van der Waals surface area contributed by atoms with Crippen LogP contribution in [0.2, 0.25) is 0 Å². The number of nitrogens with two attached hydrogens (primary N) is 1. The summed E-state index contributed by atoms with van der Waals surface area (Å²) in [6.07, 6.45) is 3.50. The van der Waals surface area contributed by atoms with Crippen LogP contribution in [0.1, 0.15) is 44.7 Å². The molecule has 0 bridgehead atoms. The summed E-state index contributed by atoms with van der Waals surface area (Å²) in [4.78, 5) is 0. The first-order chi connectivity index (χ1) is 8.16. The molecule has 3 unspecified atom stereocenters. The molecule has 1 aliphatic rings. The minimum absolute atomic E-state index is 0.399. The lowest BCUT2D eigenvalue weighted by Gasteiger charge is -2.26. The summed E-state index contributed by atoms with van der Waals surface area (Å²) >= 11 is 0. The Morgan fingerprint density at radius 3 is 2.41 bits per heavy atom. The van der Waals surface area contributed by atoms with Gasteiger partial charge in [0.1, 0.15) is 0 Å². The first-order valence-electron chi connectivity index (χ1n) is 6.73. The number of hydrogen-bond acceptors (Lipinski definition) is 2. The van der Waals surface area contributed by atoms with E-state index < -0.39 is 0 Å². The van der Waals surface area contributed by atoms with Gasteiger partial charge in [-0.2, -0.15) is 0 Å². The van der Waals surface area contributed by atoms with Crippen LogP contribution in [0.3, 0.4) is 0 Å². The highest BCUT2D eigenvalue weighted by Crippen LogP contribution is 2.26. The molecular weight excluding hydrogens is 208 g/mol. The molecule has 3 atom stereocenters. The van der Waals surface area contributed by atoms with Crippen LogP contribution < -0.4 is 11.1 Å². The van der Waals surface area contributed by atoms with Gasteiger partial charge in [0, 0.05) is 18.1 Å². The summed E-state index contributed by atoms with van der Waals surface area (Å²) < 4.78 is 0. The SMILES string of the molecule is CC(C)C(NC1CCC(N)C1)c1ccccc1. The van der Waals surface area contributed by atoms with E-state index in [9.17, 15) is 0 Å². The average Bonchev–Trinajstić information content (AvgIpc) is 2.73. The third-order valence-corrected chi connectivity index (χ3v) is 3.71. The maximum atomic E-state index is 5.98. The average molecular weight is 232 g/mol. The Hall–Kier alpha value is -0.860. The zero-order valence-corrected chi connectivity index (χ0v) is 10.9. The van der Waals surface area contributed by atoms with E-state index in [1.54, 1.807) is 0 Å². The molecule has 17 heavy (non-hydrogen) atoms. The van der Waals surface area contributed by atoms with Crippen LogP contribution in [0.25, 0.3) is 0 Å².